The van der Waals surface area contributed by atoms with E-state index < -0.39 is 0 Å². The van der Waals surface area contributed by atoms with Gasteiger partial charge in [0.25, 0.3) is 0 Å². The molecule has 0 aliphatic carbocycles. The molecule has 3 rings (SSSR count). The minimum absolute atomic E-state index is 0.245. The average Bonchev–Trinajstić information content (AvgIpc) is 2.88. The van der Waals surface area contributed by atoms with Crippen LogP contribution in [0.2, 0.25) is 0 Å². The first-order valence-corrected chi connectivity index (χ1v) is 8.66. The zero-order valence-corrected chi connectivity index (χ0v) is 13.0. The number of carbonyl (C=O) groups is 1. The summed E-state index contributed by atoms with van der Waals surface area (Å²) in [4.78, 5) is 18.8. The van der Waals surface area contributed by atoms with Crippen LogP contribution in [0.3, 0.4) is 0 Å². The lowest BCUT2D eigenvalue weighted by Crippen LogP contribution is -2.35. The Hall–Kier alpha value is -1.49. The van der Waals surface area contributed by atoms with Crippen LogP contribution < -0.4 is 0 Å². The van der Waals surface area contributed by atoms with Crippen LogP contribution in [0.1, 0.15) is 32.1 Å². The summed E-state index contributed by atoms with van der Waals surface area (Å²) in [6.45, 7) is 1.84. The molecule has 0 bridgehead atoms. The highest BCUT2D eigenvalue weighted by Gasteiger charge is 2.16. The number of nitrogens with zero attached hydrogens (tertiary/aromatic N) is 3. The van der Waals surface area contributed by atoms with E-state index in [1.54, 1.807) is 0 Å². The van der Waals surface area contributed by atoms with Crippen LogP contribution >= 0.6 is 11.8 Å². The standard InChI is InChI=1S/C16H21N3OS/c20-15(18-9-5-2-1-3-6-10-18)13-21-16-17-12-14-8-4-7-11-19(14)16/h4,7-8,11-12H,1-3,5-6,9-10,13H2. The number of rotatable bonds is 3. The van der Waals surface area contributed by atoms with Gasteiger partial charge in [-0.05, 0) is 25.0 Å². The van der Waals surface area contributed by atoms with Gasteiger partial charge in [0.15, 0.2) is 5.16 Å². The van der Waals surface area contributed by atoms with Gasteiger partial charge in [-0.2, -0.15) is 0 Å². The van der Waals surface area contributed by atoms with Crippen molar-refractivity contribution in [1.82, 2.24) is 14.3 Å². The average molecular weight is 303 g/mol. The molecule has 0 spiro atoms. The van der Waals surface area contributed by atoms with E-state index in [2.05, 4.69) is 4.98 Å². The third-order valence-corrected chi connectivity index (χ3v) is 4.89. The number of fused-ring (bicyclic) bond motifs is 1. The predicted molar refractivity (Wildman–Crippen MR) is 85.6 cm³/mol. The maximum atomic E-state index is 12.4. The Morgan fingerprint density at radius 1 is 1.14 bits per heavy atom. The van der Waals surface area contributed by atoms with Gasteiger partial charge in [-0.15, -0.1) is 0 Å². The first-order valence-electron chi connectivity index (χ1n) is 7.67. The van der Waals surface area contributed by atoms with Crippen LogP contribution in [0, 0.1) is 0 Å². The van der Waals surface area contributed by atoms with Crippen LogP contribution in [-0.4, -0.2) is 39.0 Å². The van der Waals surface area contributed by atoms with E-state index in [1.165, 1.54) is 31.0 Å². The maximum absolute atomic E-state index is 12.4. The molecule has 3 heterocycles. The molecular weight excluding hydrogens is 282 g/mol. The topological polar surface area (TPSA) is 37.6 Å². The smallest absolute Gasteiger partial charge is 0.233 e. The second-order valence-corrected chi connectivity index (χ2v) is 6.42. The molecule has 0 N–H and O–H groups in total. The molecule has 0 aromatic carbocycles. The lowest BCUT2D eigenvalue weighted by molar-refractivity contribution is -0.128. The summed E-state index contributed by atoms with van der Waals surface area (Å²) in [6.07, 6.45) is 9.94. The van der Waals surface area contributed by atoms with Crippen molar-refractivity contribution in [3.05, 3.63) is 30.6 Å². The van der Waals surface area contributed by atoms with Crippen molar-refractivity contribution in [3.63, 3.8) is 0 Å². The van der Waals surface area contributed by atoms with Gasteiger partial charge in [-0.25, -0.2) is 4.98 Å². The minimum Gasteiger partial charge on any atom is -0.342 e. The Labute approximate surface area is 129 Å². The van der Waals surface area contributed by atoms with Crippen LogP contribution in [0.15, 0.2) is 35.7 Å². The number of imidazole rings is 1. The van der Waals surface area contributed by atoms with E-state index >= 15 is 0 Å². The van der Waals surface area contributed by atoms with Crippen LogP contribution in [0.25, 0.3) is 5.52 Å². The van der Waals surface area contributed by atoms with E-state index in [0.29, 0.717) is 5.75 Å². The number of hydrogen-bond acceptors (Lipinski definition) is 3. The van der Waals surface area contributed by atoms with Crippen molar-refractivity contribution in [2.75, 3.05) is 18.8 Å². The van der Waals surface area contributed by atoms with Gasteiger partial charge in [0.2, 0.25) is 5.91 Å². The van der Waals surface area contributed by atoms with E-state index in [9.17, 15) is 4.79 Å². The molecule has 0 radical (unpaired) electrons. The highest BCUT2D eigenvalue weighted by atomic mass is 32.2. The molecule has 4 nitrogen and oxygen atoms in total. The van der Waals surface area contributed by atoms with Gasteiger partial charge in [0.1, 0.15) is 0 Å². The van der Waals surface area contributed by atoms with Crippen LogP contribution in [0.5, 0.6) is 0 Å². The molecule has 1 fully saturated rings. The monoisotopic (exact) mass is 303 g/mol. The Bertz CT molecular complexity index is 602. The largest absolute Gasteiger partial charge is 0.342 e. The summed E-state index contributed by atoms with van der Waals surface area (Å²) >= 11 is 1.53. The fourth-order valence-corrected chi connectivity index (χ4v) is 3.61. The molecule has 2 aromatic rings. The molecule has 0 unspecified atom stereocenters. The van der Waals surface area contributed by atoms with E-state index in [-0.39, 0.29) is 5.91 Å². The number of likely N-dealkylation sites (tertiary alicyclic amines) is 1. The summed E-state index contributed by atoms with van der Waals surface area (Å²) in [5.74, 6) is 0.725. The normalized spacial score (nSPS) is 16.7. The number of pyridine rings is 1. The summed E-state index contributed by atoms with van der Waals surface area (Å²) in [7, 11) is 0. The third-order valence-electron chi connectivity index (χ3n) is 3.94. The lowest BCUT2D eigenvalue weighted by atomic mass is 10.1. The van der Waals surface area contributed by atoms with Gasteiger partial charge in [0.05, 0.1) is 17.5 Å². The first kappa shape index (κ1) is 14.4. The zero-order valence-electron chi connectivity index (χ0n) is 12.2. The molecule has 0 atom stereocenters. The van der Waals surface area contributed by atoms with E-state index in [4.69, 9.17) is 0 Å². The fraction of sp³-hybridized carbons (Fsp3) is 0.500. The van der Waals surface area contributed by atoms with Gasteiger partial charge < -0.3 is 4.90 Å². The SMILES string of the molecule is O=C(CSc1ncc2ccccn12)N1CCCCCCC1. The second kappa shape index (κ2) is 6.98. The quantitative estimate of drug-likeness (QED) is 0.817. The fourth-order valence-electron chi connectivity index (χ4n) is 2.74. The van der Waals surface area contributed by atoms with Crippen molar-refractivity contribution in [1.29, 1.82) is 0 Å². The second-order valence-electron chi connectivity index (χ2n) is 5.47. The van der Waals surface area contributed by atoms with Gasteiger partial charge in [-0.1, -0.05) is 37.1 Å². The summed E-state index contributed by atoms with van der Waals surface area (Å²) in [5.41, 5.74) is 1.07. The summed E-state index contributed by atoms with van der Waals surface area (Å²) < 4.78 is 2.03. The minimum atomic E-state index is 0.245. The Kier molecular flexibility index (Phi) is 4.80. The van der Waals surface area contributed by atoms with Crippen molar-refractivity contribution < 1.29 is 4.79 Å². The molecule has 5 heteroatoms. The van der Waals surface area contributed by atoms with Crippen molar-refractivity contribution in [3.8, 4) is 0 Å². The van der Waals surface area contributed by atoms with Crippen molar-refractivity contribution >= 4 is 23.2 Å². The molecule has 21 heavy (non-hydrogen) atoms. The number of thioether (sulfide) groups is 1. The predicted octanol–water partition coefficient (Wildman–Crippen LogP) is 3.22. The summed E-state index contributed by atoms with van der Waals surface area (Å²) in [5, 5.41) is 0.894. The molecule has 0 saturated carbocycles. The van der Waals surface area contributed by atoms with Crippen molar-refractivity contribution in [2.24, 2.45) is 0 Å². The molecule has 2 aromatic heterocycles. The molecule has 1 saturated heterocycles. The van der Waals surface area contributed by atoms with Gasteiger partial charge >= 0.3 is 0 Å². The highest BCUT2D eigenvalue weighted by molar-refractivity contribution is 7.99. The Morgan fingerprint density at radius 2 is 1.90 bits per heavy atom. The number of hydrogen-bond donors (Lipinski definition) is 0. The van der Waals surface area contributed by atoms with Crippen LogP contribution in [0.4, 0.5) is 0 Å². The number of carbonyl (C=O) groups excluding carboxylic acids is 1. The highest BCUT2D eigenvalue weighted by Crippen LogP contribution is 2.19. The molecular formula is C16H21N3OS. The Morgan fingerprint density at radius 3 is 2.71 bits per heavy atom. The van der Waals surface area contributed by atoms with Gasteiger partial charge in [-0.3, -0.25) is 9.20 Å². The van der Waals surface area contributed by atoms with Crippen LogP contribution in [-0.2, 0) is 4.79 Å². The van der Waals surface area contributed by atoms with Gasteiger partial charge in [0, 0.05) is 19.3 Å². The zero-order chi connectivity index (χ0) is 14.5. The molecule has 1 aliphatic heterocycles. The third kappa shape index (κ3) is 3.59. The number of aromatic nitrogens is 2. The van der Waals surface area contributed by atoms with E-state index in [0.717, 1.165) is 36.6 Å². The molecule has 1 aliphatic rings. The lowest BCUT2D eigenvalue weighted by Gasteiger charge is -2.24. The summed E-state index contributed by atoms with van der Waals surface area (Å²) in [6, 6.07) is 6.01. The molecule has 1 amide bonds. The first-order chi connectivity index (χ1) is 10.3. The maximum Gasteiger partial charge on any atom is 0.233 e. The van der Waals surface area contributed by atoms with E-state index in [1.807, 2.05) is 39.9 Å². The Balaban J connectivity index is 1.59. The molecule has 112 valence electrons. The van der Waals surface area contributed by atoms with Crippen molar-refractivity contribution in [2.45, 2.75) is 37.3 Å². The number of amides is 1.